The van der Waals surface area contributed by atoms with Crippen molar-refractivity contribution in [3.05, 3.63) is 21.9 Å². The zero-order valence-corrected chi connectivity index (χ0v) is 11.8. The number of amides is 2. The summed E-state index contributed by atoms with van der Waals surface area (Å²) in [6, 6.07) is 1.94. The first kappa shape index (κ1) is 13.1. The monoisotopic (exact) mass is 266 g/mol. The van der Waals surface area contributed by atoms with Crippen LogP contribution in [0.1, 0.15) is 36.0 Å². The second-order valence-electron chi connectivity index (χ2n) is 5.53. The molecular weight excluding hydrogens is 248 g/mol. The van der Waals surface area contributed by atoms with Crippen LogP contribution in [0.15, 0.2) is 11.4 Å². The Balaban J connectivity index is 2.14. The molecule has 0 atom stereocenters. The lowest BCUT2D eigenvalue weighted by molar-refractivity contribution is -0.123. The van der Waals surface area contributed by atoms with Crippen molar-refractivity contribution < 1.29 is 9.59 Å². The number of thiophene rings is 1. The van der Waals surface area contributed by atoms with Gasteiger partial charge in [0.15, 0.2) is 0 Å². The van der Waals surface area contributed by atoms with Crippen molar-refractivity contribution in [3.8, 4) is 0 Å². The average molecular weight is 266 g/mol. The third kappa shape index (κ3) is 2.72. The first-order chi connectivity index (χ1) is 8.38. The molecule has 2 heterocycles. The van der Waals surface area contributed by atoms with E-state index in [1.807, 2.05) is 11.4 Å². The number of hydrogen-bond donors (Lipinski definition) is 1. The molecule has 4 nitrogen and oxygen atoms in total. The Morgan fingerprint density at radius 1 is 1.44 bits per heavy atom. The lowest BCUT2D eigenvalue weighted by atomic mass is 9.94. The normalized spacial score (nSPS) is 16.6. The third-order valence-corrected chi connectivity index (χ3v) is 4.27. The van der Waals surface area contributed by atoms with Crippen LogP contribution >= 0.6 is 11.3 Å². The van der Waals surface area contributed by atoms with Crippen molar-refractivity contribution in [1.82, 2.24) is 10.2 Å². The van der Waals surface area contributed by atoms with Gasteiger partial charge in [-0.1, -0.05) is 20.8 Å². The second-order valence-corrected chi connectivity index (χ2v) is 6.44. The number of nitrogens with zero attached hydrogens (tertiary/aromatic N) is 1. The Morgan fingerprint density at radius 3 is 2.72 bits per heavy atom. The van der Waals surface area contributed by atoms with E-state index in [1.54, 1.807) is 16.2 Å². The van der Waals surface area contributed by atoms with Gasteiger partial charge in [-0.05, 0) is 11.5 Å². The van der Waals surface area contributed by atoms with Crippen LogP contribution in [0.3, 0.4) is 0 Å². The van der Waals surface area contributed by atoms with E-state index < -0.39 is 0 Å². The summed E-state index contributed by atoms with van der Waals surface area (Å²) in [5.74, 6) is -0.127. The van der Waals surface area contributed by atoms with Gasteiger partial charge in [-0.15, -0.1) is 11.3 Å². The van der Waals surface area contributed by atoms with Gasteiger partial charge in [-0.25, -0.2) is 0 Å². The third-order valence-electron chi connectivity index (χ3n) is 2.91. The Hall–Kier alpha value is -1.36. The molecule has 1 aliphatic rings. The van der Waals surface area contributed by atoms with Gasteiger partial charge < -0.3 is 10.2 Å². The Labute approximate surface area is 111 Å². The van der Waals surface area contributed by atoms with Crippen molar-refractivity contribution in [2.24, 2.45) is 0 Å². The largest absolute Gasteiger partial charge is 0.353 e. The van der Waals surface area contributed by atoms with Crippen molar-refractivity contribution in [2.45, 2.75) is 26.2 Å². The van der Waals surface area contributed by atoms with E-state index in [-0.39, 0.29) is 23.8 Å². The van der Waals surface area contributed by atoms with Crippen LogP contribution in [-0.4, -0.2) is 36.3 Å². The molecule has 1 aromatic heterocycles. The fourth-order valence-electron chi connectivity index (χ4n) is 1.84. The topological polar surface area (TPSA) is 49.4 Å². The van der Waals surface area contributed by atoms with Gasteiger partial charge in [0.1, 0.15) is 0 Å². The van der Waals surface area contributed by atoms with Gasteiger partial charge >= 0.3 is 0 Å². The molecule has 1 saturated heterocycles. The minimum atomic E-state index is -0.0825. The van der Waals surface area contributed by atoms with E-state index in [2.05, 4.69) is 26.1 Å². The number of rotatable bonds is 1. The molecule has 1 fully saturated rings. The summed E-state index contributed by atoms with van der Waals surface area (Å²) < 4.78 is 0. The van der Waals surface area contributed by atoms with Gasteiger partial charge in [0.05, 0.1) is 12.1 Å². The van der Waals surface area contributed by atoms with Crippen molar-refractivity contribution >= 4 is 23.2 Å². The van der Waals surface area contributed by atoms with E-state index in [4.69, 9.17) is 0 Å². The highest BCUT2D eigenvalue weighted by Gasteiger charge is 2.24. The highest BCUT2D eigenvalue weighted by molar-refractivity contribution is 7.10. The smallest absolute Gasteiger partial charge is 0.255 e. The van der Waals surface area contributed by atoms with Gasteiger partial charge in [-0.3, -0.25) is 9.59 Å². The number of piperazine rings is 1. The van der Waals surface area contributed by atoms with Gasteiger partial charge in [0, 0.05) is 23.3 Å². The van der Waals surface area contributed by atoms with Crippen LogP contribution in [0.25, 0.3) is 0 Å². The number of carbonyl (C=O) groups is 2. The van der Waals surface area contributed by atoms with E-state index in [0.29, 0.717) is 18.7 Å². The highest BCUT2D eigenvalue weighted by atomic mass is 32.1. The molecule has 0 unspecified atom stereocenters. The van der Waals surface area contributed by atoms with Crippen LogP contribution < -0.4 is 5.32 Å². The zero-order valence-electron chi connectivity index (χ0n) is 10.9. The Kier molecular flexibility index (Phi) is 3.43. The van der Waals surface area contributed by atoms with Crippen molar-refractivity contribution in [1.29, 1.82) is 0 Å². The van der Waals surface area contributed by atoms with E-state index >= 15 is 0 Å². The molecular formula is C13H18N2O2S. The molecule has 5 heteroatoms. The first-order valence-corrected chi connectivity index (χ1v) is 6.91. The predicted molar refractivity (Wildman–Crippen MR) is 71.9 cm³/mol. The van der Waals surface area contributed by atoms with Crippen LogP contribution in [0.4, 0.5) is 0 Å². The summed E-state index contributed by atoms with van der Waals surface area (Å²) in [6.45, 7) is 7.68. The highest BCUT2D eigenvalue weighted by Crippen LogP contribution is 2.29. The van der Waals surface area contributed by atoms with E-state index in [0.717, 1.165) is 0 Å². The number of nitrogens with one attached hydrogen (secondary N) is 1. The molecule has 0 spiro atoms. The van der Waals surface area contributed by atoms with E-state index in [1.165, 1.54) is 4.88 Å². The van der Waals surface area contributed by atoms with Gasteiger partial charge in [0.2, 0.25) is 5.91 Å². The molecule has 1 aliphatic heterocycles. The molecule has 2 amide bonds. The Morgan fingerprint density at radius 2 is 2.17 bits per heavy atom. The fraction of sp³-hybridized carbons (Fsp3) is 0.538. The number of carbonyl (C=O) groups excluding carboxylic acids is 2. The summed E-state index contributed by atoms with van der Waals surface area (Å²) >= 11 is 1.60. The van der Waals surface area contributed by atoms with Crippen LogP contribution in [0, 0.1) is 0 Å². The maximum absolute atomic E-state index is 12.2. The molecule has 2 rings (SSSR count). The summed E-state index contributed by atoms with van der Waals surface area (Å²) in [4.78, 5) is 26.3. The van der Waals surface area contributed by atoms with Gasteiger partial charge in [-0.2, -0.15) is 0 Å². The predicted octanol–water partition coefficient (Wildman–Crippen LogP) is 1.62. The van der Waals surface area contributed by atoms with Crippen molar-refractivity contribution in [2.75, 3.05) is 19.6 Å². The lowest BCUT2D eigenvalue weighted by Gasteiger charge is -2.26. The average Bonchev–Trinajstić information content (AvgIpc) is 2.77. The standard InChI is InChI=1S/C13H18N2O2S/c1-13(2,3)10-6-9(8-18-10)12(17)15-5-4-14-11(16)7-15/h6,8H,4-5,7H2,1-3H3,(H,14,16). The van der Waals surface area contributed by atoms with Crippen LogP contribution in [0.5, 0.6) is 0 Å². The summed E-state index contributed by atoms with van der Waals surface area (Å²) in [6.07, 6.45) is 0. The molecule has 0 aliphatic carbocycles. The van der Waals surface area contributed by atoms with Crippen molar-refractivity contribution in [3.63, 3.8) is 0 Å². The minimum Gasteiger partial charge on any atom is -0.353 e. The first-order valence-electron chi connectivity index (χ1n) is 6.03. The SMILES string of the molecule is CC(C)(C)c1cc(C(=O)N2CCNC(=O)C2)cs1. The summed E-state index contributed by atoms with van der Waals surface area (Å²) in [5, 5.41) is 4.60. The van der Waals surface area contributed by atoms with Crippen LogP contribution in [0.2, 0.25) is 0 Å². The fourth-order valence-corrected chi connectivity index (χ4v) is 2.81. The zero-order chi connectivity index (χ0) is 13.3. The lowest BCUT2D eigenvalue weighted by Crippen LogP contribution is -2.49. The quantitative estimate of drug-likeness (QED) is 0.839. The number of hydrogen-bond acceptors (Lipinski definition) is 3. The Bertz CT molecular complexity index is 474. The molecule has 0 radical (unpaired) electrons. The maximum atomic E-state index is 12.2. The van der Waals surface area contributed by atoms with Crippen LogP contribution in [-0.2, 0) is 10.2 Å². The van der Waals surface area contributed by atoms with E-state index in [9.17, 15) is 9.59 Å². The summed E-state index contributed by atoms with van der Waals surface area (Å²) in [5.41, 5.74) is 0.752. The molecule has 1 aromatic rings. The molecule has 1 N–H and O–H groups in total. The van der Waals surface area contributed by atoms with Gasteiger partial charge in [0.25, 0.3) is 5.91 Å². The molecule has 98 valence electrons. The maximum Gasteiger partial charge on any atom is 0.255 e. The minimum absolute atomic E-state index is 0.0448. The molecule has 0 aromatic carbocycles. The molecule has 18 heavy (non-hydrogen) atoms. The molecule has 0 bridgehead atoms. The molecule has 0 saturated carbocycles. The second kappa shape index (κ2) is 4.72. The summed E-state index contributed by atoms with van der Waals surface area (Å²) in [7, 11) is 0.